The average Bonchev–Trinajstić information content (AvgIpc) is 2.97. The molecule has 0 aromatic carbocycles. The summed E-state index contributed by atoms with van der Waals surface area (Å²) in [6.07, 6.45) is 3.42. The molecule has 0 spiro atoms. The van der Waals surface area contributed by atoms with E-state index < -0.39 is 0 Å². The van der Waals surface area contributed by atoms with Gasteiger partial charge in [-0.05, 0) is 33.8 Å². The molecule has 0 atom stereocenters. The molecule has 3 rings (SSSR count). The zero-order valence-electron chi connectivity index (χ0n) is 17.6. The fourth-order valence-corrected chi connectivity index (χ4v) is 3.36. The maximum atomic E-state index is 5.43. The summed E-state index contributed by atoms with van der Waals surface area (Å²) in [4.78, 5) is 18.1. The van der Waals surface area contributed by atoms with Gasteiger partial charge in [0.25, 0.3) is 0 Å². The first-order chi connectivity index (χ1) is 13.5. The van der Waals surface area contributed by atoms with E-state index in [9.17, 15) is 0 Å². The number of fused-ring (bicyclic) bond motifs is 1. The van der Waals surface area contributed by atoms with E-state index in [-0.39, 0.29) is 0 Å². The van der Waals surface area contributed by atoms with Crippen LogP contribution in [0.25, 0.3) is 11.0 Å². The Hall–Kier alpha value is -2.90. The summed E-state index contributed by atoms with van der Waals surface area (Å²) in [6.45, 7) is 11.3. The van der Waals surface area contributed by atoms with Crippen LogP contribution in [0.4, 0.5) is 11.8 Å². The number of aryl methyl sites for hydroxylation is 2. The number of anilines is 2. The Morgan fingerprint density at radius 1 is 1.11 bits per heavy atom. The molecule has 0 saturated heterocycles. The standard InChI is InChI=1S/C20H29N7O/c1-7-27(8-2)18-15(10-17-14(4)24-26(6)19(17)23-18)13-25(5)20-21-11-16(12-22-20)28-9-3/h10-12H,7-9,13H2,1-6H3. The molecule has 8 nitrogen and oxygen atoms in total. The third-order valence-corrected chi connectivity index (χ3v) is 4.79. The van der Waals surface area contributed by atoms with Crippen LogP contribution in [-0.4, -0.2) is 51.5 Å². The molecule has 0 saturated carbocycles. The van der Waals surface area contributed by atoms with Gasteiger partial charge >= 0.3 is 0 Å². The summed E-state index contributed by atoms with van der Waals surface area (Å²) in [5, 5.41) is 5.61. The Kier molecular flexibility index (Phi) is 5.96. The first-order valence-electron chi connectivity index (χ1n) is 9.72. The van der Waals surface area contributed by atoms with Crippen LogP contribution < -0.4 is 14.5 Å². The molecule has 0 fully saturated rings. The quantitative estimate of drug-likeness (QED) is 0.592. The van der Waals surface area contributed by atoms with Crippen LogP contribution in [0.1, 0.15) is 32.0 Å². The van der Waals surface area contributed by atoms with Crippen molar-refractivity contribution in [1.29, 1.82) is 0 Å². The van der Waals surface area contributed by atoms with E-state index in [0.717, 1.165) is 41.2 Å². The van der Waals surface area contributed by atoms with Crippen molar-refractivity contribution in [3.05, 3.63) is 29.7 Å². The maximum absolute atomic E-state index is 5.43. The molecule has 8 heteroatoms. The number of hydrogen-bond donors (Lipinski definition) is 0. The lowest BCUT2D eigenvalue weighted by Crippen LogP contribution is -2.27. The van der Waals surface area contributed by atoms with Crippen molar-refractivity contribution >= 4 is 22.8 Å². The van der Waals surface area contributed by atoms with Gasteiger partial charge in [0, 0.05) is 44.7 Å². The summed E-state index contributed by atoms with van der Waals surface area (Å²) in [6, 6.07) is 2.20. The molecule has 0 N–H and O–H groups in total. The highest BCUT2D eigenvalue weighted by atomic mass is 16.5. The smallest absolute Gasteiger partial charge is 0.225 e. The van der Waals surface area contributed by atoms with E-state index >= 15 is 0 Å². The van der Waals surface area contributed by atoms with Crippen LogP contribution >= 0.6 is 0 Å². The summed E-state index contributed by atoms with van der Waals surface area (Å²) >= 11 is 0. The fourth-order valence-electron chi connectivity index (χ4n) is 3.36. The van der Waals surface area contributed by atoms with Crippen molar-refractivity contribution in [2.45, 2.75) is 34.2 Å². The zero-order valence-corrected chi connectivity index (χ0v) is 17.6. The number of nitrogens with zero attached hydrogens (tertiary/aromatic N) is 7. The van der Waals surface area contributed by atoms with Gasteiger partial charge in [0.05, 0.1) is 24.7 Å². The van der Waals surface area contributed by atoms with Crippen molar-refractivity contribution < 1.29 is 4.74 Å². The predicted molar refractivity (Wildman–Crippen MR) is 112 cm³/mol. The second-order valence-corrected chi connectivity index (χ2v) is 6.73. The van der Waals surface area contributed by atoms with Gasteiger partial charge in [-0.15, -0.1) is 0 Å². The number of pyridine rings is 1. The van der Waals surface area contributed by atoms with E-state index in [0.29, 0.717) is 24.8 Å². The Bertz CT molecular complexity index is 932. The molecule has 3 heterocycles. The van der Waals surface area contributed by atoms with E-state index in [1.807, 2.05) is 37.5 Å². The monoisotopic (exact) mass is 383 g/mol. The first-order valence-corrected chi connectivity index (χ1v) is 9.72. The fraction of sp³-hybridized carbons (Fsp3) is 0.500. The van der Waals surface area contributed by atoms with Gasteiger partial charge in [-0.2, -0.15) is 5.10 Å². The van der Waals surface area contributed by atoms with Crippen LogP contribution in [-0.2, 0) is 13.6 Å². The molecule has 0 aliphatic carbocycles. The van der Waals surface area contributed by atoms with E-state index in [2.05, 4.69) is 39.9 Å². The van der Waals surface area contributed by atoms with Crippen molar-refractivity contribution in [3.8, 4) is 5.75 Å². The highest BCUT2D eigenvalue weighted by Gasteiger charge is 2.18. The lowest BCUT2D eigenvalue weighted by molar-refractivity contribution is 0.337. The average molecular weight is 384 g/mol. The second kappa shape index (κ2) is 8.41. The highest BCUT2D eigenvalue weighted by Crippen LogP contribution is 2.27. The Balaban J connectivity index is 1.97. The molecule has 0 unspecified atom stereocenters. The molecule has 28 heavy (non-hydrogen) atoms. The van der Waals surface area contributed by atoms with Crippen molar-refractivity contribution in [2.24, 2.45) is 7.05 Å². The van der Waals surface area contributed by atoms with Crippen molar-refractivity contribution in [1.82, 2.24) is 24.7 Å². The van der Waals surface area contributed by atoms with Crippen LogP contribution in [0.15, 0.2) is 18.5 Å². The second-order valence-electron chi connectivity index (χ2n) is 6.73. The first kappa shape index (κ1) is 19.9. The largest absolute Gasteiger partial charge is 0.491 e. The van der Waals surface area contributed by atoms with Gasteiger partial charge in [0.1, 0.15) is 5.82 Å². The van der Waals surface area contributed by atoms with Crippen molar-refractivity contribution in [2.75, 3.05) is 36.5 Å². The summed E-state index contributed by atoms with van der Waals surface area (Å²) in [5.74, 6) is 2.31. The van der Waals surface area contributed by atoms with Gasteiger partial charge in [0.15, 0.2) is 11.4 Å². The third kappa shape index (κ3) is 3.85. The van der Waals surface area contributed by atoms with Crippen LogP contribution in [0.2, 0.25) is 0 Å². The number of hydrogen-bond acceptors (Lipinski definition) is 7. The summed E-state index contributed by atoms with van der Waals surface area (Å²) in [7, 11) is 3.93. The van der Waals surface area contributed by atoms with Gasteiger partial charge in [0.2, 0.25) is 5.95 Å². The molecule has 0 aliphatic rings. The minimum absolute atomic E-state index is 0.599. The van der Waals surface area contributed by atoms with Gasteiger partial charge in [-0.1, -0.05) is 0 Å². The summed E-state index contributed by atoms with van der Waals surface area (Å²) < 4.78 is 7.28. The van der Waals surface area contributed by atoms with E-state index in [1.54, 1.807) is 12.4 Å². The number of aromatic nitrogens is 5. The lowest BCUT2D eigenvalue weighted by atomic mass is 10.1. The van der Waals surface area contributed by atoms with Crippen LogP contribution in [0.5, 0.6) is 5.75 Å². The third-order valence-electron chi connectivity index (χ3n) is 4.79. The Morgan fingerprint density at radius 3 is 2.39 bits per heavy atom. The molecular weight excluding hydrogens is 354 g/mol. The molecule has 0 bridgehead atoms. The maximum Gasteiger partial charge on any atom is 0.225 e. The lowest BCUT2D eigenvalue weighted by Gasteiger charge is -2.25. The molecular formula is C20H29N7O. The minimum atomic E-state index is 0.599. The molecule has 150 valence electrons. The Morgan fingerprint density at radius 2 is 1.79 bits per heavy atom. The Labute approximate surface area is 166 Å². The van der Waals surface area contributed by atoms with E-state index in [4.69, 9.17) is 9.72 Å². The highest BCUT2D eigenvalue weighted by molar-refractivity contribution is 5.81. The van der Waals surface area contributed by atoms with Crippen LogP contribution in [0, 0.1) is 6.92 Å². The molecule has 0 radical (unpaired) electrons. The van der Waals surface area contributed by atoms with Gasteiger partial charge in [-0.3, -0.25) is 4.68 Å². The molecule has 3 aromatic rings. The van der Waals surface area contributed by atoms with Crippen molar-refractivity contribution in [3.63, 3.8) is 0 Å². The molecule has 3 aromatic heterocycles. The zero-order chi connectivity index (χ0) is 20.3. The van der Waals surface area contributed by atoms with Gasteiger partial charge < -0.3 is 14.5 Å². The molecule has 0 amide bonds. The normalized spacial score (nSPS) is 11.1. The number of rotatable bonds is 8. The van der Waals surface area contributed by atoms with Gasteiger partial charge in [-0.25, -0.2) is 15.0 Å². The number of ether oxygens (including phenoxy) is 1. The predicted octanol–water partition coefficient (Wildman–Crippen LogP) is 2.95. The topological polar surface area (TPSA) is 72.2 Å². The minimum Gasteiger partial charge on any atom is -0.491 e. The summed E-state index contributed by atoms with van der Waals surface area (Å²) in [5.41, 5.74) is 3.02. The SMILES string of the molecule is CCOc1cnc(N(C)Cc2cc3c(C)nn(C)c3nc2N(CC)CC)nc1. The van der Waals surface area contributed by atoms with Crippen LogP contribution in [0.3, 0.4) is 0 Å². The van der Waals surface area contributed by atoms with E-state index in [1.165, 1.54) is 0 Å². The molecule has 0 aliphatic heterocycles.